The van der Waals surface area contributed by atoms with Crippen LogP contribution in [-0.2, 0) is 4.79 Å². The van der Waals surface area contributed by atoms with E-state index in [0.717, 1.165) is 25.9 Å². The van der Waals surface area contributed by atoms with Crippen LogP contribution in [0, 0.1) is 0 Å². The highest BCUT2D eigenvalue weighted by Crippen LogP contribution is 2.15. The molecule has 1 saturated heterocycles. The summed E-state index contributed by atoms with van der Waals surface area (Å²) in [6, 6.07) is -0.210. The van der Waals surface area contributed by atoms with E-state index in [2.05, 4.69) is 0 Å². The number of piperidine rings is 1. The lowest BCUT2D eigenvalue weighted by Gasteiger charge is -2.35. The second kappa shape index (κ2) is 5.00. The monoisotopic (exact) mass is 213 g/mol. The Kier molecular flexibility index (Phi) is 3.94. The van der Waals surface area contributed by atoms with Crippen molar-refractivity contribution in [3.63, 3.8) is 0 Å². The van der Waals surface area contributed by atoms with Gasteiger partial charge in [0.2, 0.25) is 5.91 Å². The molecule has 86 valence electrons. The van der Waals surface area contributed by atoms with Crippen LogP contribution in [-0.4, -0.2) is 47.9 Å². The zero-order chi connectivity index (χ0) is 11.4. The Bertz CT molecular complexity index is 247. The van der Waals surface area contributed by atoms with Crippen molar-refractivity contribution in [1.82, 2.24) is 9.80 Å². The Morgan fingerprint density at radius 2 is 1.93 bits per heavy atom. The minimum absolute atomic E-state index is 0.184. The van der Waals surface area contributed by atoms with E-state index in [1.807, 2.05) is 11.8 Å². The molecule has 2 N–H and O–H groups in total. The summed E-state index contributed by atoms with van der Waals surface area (Å²) >= 11 is 0. The lowest BCUT2D eigenvalue weighted by Crippen LogP contribution is -2.48. The molecule has 0 aromatic carbocycles. The molecule has 0 spiro atoms. The van der Waals surface area contributed by atoms with Crippen molar-refractivity contribution < 1.29 is 9.59 Å². The van der Waals surface area contributed by atoms with Crippen LogP contribution in [0.3, 0.4) is 0 Å². The minimum Gasteiger partial charge on any atom is -0.351 e. The molecule has 0 aromatic heterocycles. The maximum Gasteiger partial charge on any atom is 0.314 e. The predicted octanol–water partition coefficient (Wildman–Crippen LogP) is 0.398. The van der Waals surface area contributed by atoms with Crippen LogP contribution in [0.1, 0.15) is 26.2 Å². The standard InChI is InChI=1S/C10H19N3O2/c1-3-9(14)13-6-4-8(5-7-13)12(2)10(11)15/h8H,3-7H2,1-2H3,(H2,11,15). The number of rotatable bonds is 2. The number of nitrogens with two attached hydrogens (primary N) is 1. The number of carbonyl (C=O) groups is 2. The number of nitrogens with zero attached hydrogens (tertiary/aromatic N) is 2. The third-order valence-electron chi connectivity index (χ3n) is 3.01. The average molecular weight is 213 g/mol. The van der Waals surface area contributed by atoms with E-state index in [-0.39, 0.29) is 11.9 Å². The van der Waals surface area contributed by atoms with E-state index in [1.165, 1.54) is 0 Å². The normalized spacial score (nSPS) is 17.6. The van der Waals surface area contributed by atoms with Crippen molar-refractivity contribution in [2.45, 2.75) is 32.2 Å². The van der Waals surface area contributed by atoms with Crippen LogP contribution in [0.5, 0.6) is 0 Å². The predicted molar refractivity (Wildman–Crippen MR) is 57.2 cm³/mol. The Labute approximate surface area is 90.2 Å². The molecule has 0 saturated carbocycles. The van der Waals surface area contributed by atoms with Crippen LogP contribution < -0.4 is 5.73 Å². The maximum absolute atomic E-state index is 11.4. The van der Waals surface area contributed by atoms with Crippen LogP contribution >= 0.6 is 0 Å². The van der Waals surface area contributed by atoms with Gasteiger partial charge in [-0.2, -0.15) is 0 Å². The molecule has 1 aliphatic heterocycles. The summed E-state index contributed by atoms with van der Waals surface area (Å²) in [5.41, 5.74) is 5.19. The van der Waals surface area contributed by atoms with Gasteiger partial charge >= 0.3 is 6.03 Å². The number of likely N-dealkylation sites (tertiary alicyclic amines) is 1. The zero-order valence-corrected chi connectivity index (χ0v) is 9.40. The fourth-order valence-electron chi connectivity index (χ4n) is 1.91. The van der Waals surface area contributed by atoms with Crippen molar-refractivity contribution in [2.24, 2.45) is 5.73 Å². The summed E-state index contributed by atoms with van der Waals surface area (Å²) in [7, 11) is 1.71. The third kappa shape index (κ3) is 2.84. The highest BCUT2D eigenvalue weighted by atomic mass is 16.2. The van der Waals surface area contributed by atoms with E-state index in [0.29, 0.717) is 6.42 Å². The van der Waals surface area contributed by atoms with E-state index < -0.39 is 6.03 Å². The summed E-state index contributed by atoms with van der Waals surface area (Å²) in [6.07, 6.45) is 2.20. The van der Waals surface area contributed by atoms with Crippen LogP contribution in [0.15, 0.2) is 0 Å². The fraction of sp³-hybridized carbons (Fsp3) is 0.800. The Balaban J connectivity index is 2.42. The topological polar surface area (TPSA) is 66.6 Å². The first-order valence-electron chi connectivity index (χ1n) is 5.36. The first-order chi connectivity index (χ1) is 7.06. The molecule has 1 aliphatic rings. The van der Waals surface area contributed by atoms with Crippen molar-refractivity contribution in [1.29, 1.82) is 0 Å². The average Bonchev–Trinajstić information content (AvgIpc) is 2.27. The van der Waals surface area contributed by atoms with Crippen molar-refractivity contribution in [2.75, 3.05) is 20.1 Å². The Hall–Kier alpha value is -1.26. The number of carbonyl (C=O) groups excluding carboxylic acids is 2. The number of primary amides is 1. The number of urea groups is 1. The van der Waals surface area contributed by atoms with Gasteiger partial charge < -0.3 is 15.5 Å². The van der Waals surface area contributed by atoms with E-state index in [1.54, 1.807) is 11.9 Å². The molecular weight excluding hydrogens is 194 g/mol. The second-order valence-corrected chi connectivity index (χ2v) is 3.91. The van der Waals surface area contributed by atoms with Gasteiger partial charge in [0.05, 0.1) is 0 Å². The summed E-state index contributed by atoms with van der Waals surface area (Å²) in [6.45, 7) is 3.33. The van der Waals surface area contributed by atoms with E-state index in [9.17, 15) is 9.59 Å². The summed E-state index contributed by atoms with van der Waals surface area (Å²) in [5, 5.41) is 0. The molecule has 0 atom stereocenters. The lowest BCUT2D eigenvalue weighted by atomic mass is 10.0. The van der Waals surface area contributed by atoms with Gasteiger partial charge in [0, 0.05) is 32.6 Å². The lowest BCUT2D eigenvalue weighted by molar-refractivity contribution is -0.132. The maximum atomic E-state index is 11.4. The molecule has 0 unspecified atom stereocenters. The van der Waals surface area contributed by atoms with Crippen molar-refractivity contribution >= 4 is 11.9 Å². The largest absolute Gasteiger partial charge is 0.351 e. The molecule has 1 rings (SSSR count). The van der Waals surface area contributed by atoms with Crippen LogP contribution in [0.4, 0.5) is 4.79 Å². The fourth-order valence-corrected chi connectivity index (χ4v) is 1.91. The third-order valence-corrected chi connectivity index (χ3v) is 3.01. The highest BCUT2D eigenvalue weighted by molar-refractivity contribution is 5.76. The summed E-state index contributed by atoms with van der Waals surface area (Å²) in [4.78, 5) is 25.8. The smallest absolute Gasteiger partial charge is 0.314 e. The molecule has 15 heavy (non-hydrogen) atoms. The molecule has 0 radical (unpaired) electrons. The van der Waals surface area contributed by atoms with Crippen LogP contribution in [0.2, 0.25) is 0 Å². The molecule has 1 fully saturated rings. The minimum atomic E-state index is -0.393. The summed E-state index contributed by atoms with van der Waals surface area (Å²) < 4.78 is 0. The van der Waals surface area contributed by atoms with Gasteiger partial charge in [-0.15, -0.1) is 0 Å². The Morgan fingerprint density at radius 1 is 1.40 bits per heavy atom. The van der Waals surface area contributed by atoms with Gasteiger partial charge in [-0.25, -0.2) is 4.79 Å². The number of hydrogen-bond donors (Lipinski definition) is 1. The van der Waals surface area contributed by atoms with Gasteiger partial charge in [0.1, 0.15) is 0 Å². The van der Waals surface area contributed by atoms with Gasteiger partial charge in [-0.3, -0.25) is 4.79 Å². The number of amides is 3. The van der Waals surface area contributed by atoms with Gasteiger partial charge in [-0.05, 0) is 12.8 Å². The van der Waals surface area contributed by atoms with E-state index in [4.69, 9.17) is 5.73 Å². The summed E-state index contributed by atoms with van der Waals surface area (Å²) in [5.74, 6) is 0.190. The molecule has 3 amide bonds. The van der Waals surface area contributed by atoms with Crippen molar-refractivity contribution in [3.8, 4) is 0 Å². The molecule has 0 bridgehead atoms. The SMILES string of the molecule is CCC(=O)N1CCC(N(C)C(N)=O)CC1. The van der Waals surface area contributed by atoms with Crippen molar-refractivity contribution in [3.05, 3.63) is 0 Å². The van der Waals surface area contributed by atoms with Gasteiger partial charge in [0.15, 0.2) is 0 Å². The molecule has 5 heteroatoms. The highest BCUT2D eigenvalue weighted by Gasteiger charge is 2.25. The first kappa shape index (κ1) is 11.8. The molecule has 0 aromatic rings. The van der Waals surface area contributed by atoms with Gasteiger partial charge in [0.25, 0.3) is 0 Å². The Morgan fingerprint density at radius 3 is 2.33 bits per heavy atom. The van der Waals surface area contributed by atoms with Crippen LogP contribution in [0.25, 0.3) is 0 Å². The van der Waals surface area contributed by atoms with Gasteiger partial charge in [-0.1, -0.05) is 6.92 Å². The second-order valence-electron chi connectivity index (χ2n) is 3.91. The molecule has 5 nitrogen and oxygen atoms in total. The molecule has 0 aliphatic carbocycles. The first-order valence-corrected chi connectivity index (χ1v) is 5.36. The quantitative estimate of drug-likeness (QED) is 0.721. The van der Waals surface area contributed by atoms with E-state index >= 15 is 0 Å². The molecular formula is C10H19N3O2. The molecule has 1 heterocycles. The zero-order valence-electron chi connectivity index (χ0n) is 9.40. The number of hydrogen-bond acceptors (Lipinski definition) is 2.